The maximum atomic E-state index is 5.64. The lowest BCUT2D eigenvalue weighted by molar-refractivity contribution is 0.230. The number of halogens is 1. The van der Waals surface area contributed by atoms with Gasteiger partial charge in [0.1, 0.15) is 0 Å². The molecule has 0 amide bonds. The predicted octanol–water partition coefficient (Wildman–Crippen LogP) is 3.89. The molecule has 0 heterocycles. The first-order chi connectivity index (χ1) is 7.67. The monoisotopic (exact) mass is 284 g/mol. The molecule has 0 N–H and O–H groups in total. The van der Waals surface area contributed by atoms with E-state index < -0.39 is 0 Å². The summed E-state index contributed by atoms with van der Waals surface area (Å²) >= 11 is 3.35. The van der Waals surface area contributed by atoms with Crippen molar-refractivity contribution in [3.63, 3.8) is 0 Å². The molecule has 1 rings (SSSR count). The minimum atomic E-state index is 0.151. The van der Waals surface area contributed by atoms with Gasteiger partial charge in [-0.15, -0.1) is 0 Å². The molecule has 16 heavy (non-hydrogen) atoms. The van der Waals surface area contributed by atoms with Gasteiger partial charge in [0.2, 0.25) is 0 Å². The summed E-state index contributed by atoms with van der Waals surface area (Å²) in [5, 5.41) is 0.847. The number of alkyl halides is 1. The summed E-state index contributed by atoms with van der Waals surface area (Å²) in [6, 6.07) is 5.92. The Hall–Kier alpha value is -0.960. The van der Waals surface area contributed by atoms with Crippen LogP contribution in [0.15, 0.2) is 24.3 Å². The van der Waals surface area contributed by atoms with Gasteiger partial charge in [-0.1, -0.05) is 34.1 Å². The third-order valence-electron chi connectivity index (χ3n) is 1.95. The summed E-state index contributed by atoms with van der Waals surface area (Å²) in [6.07, 6.45) is 4.23. The molecule has 88 valence electrons. The van der Waals surface area contributed by atoms with Gasteiger partial charge in [0.05, 0.1) is 13.2 Å². The van der Waals surface area contributed by atoms with Crippen molar-refractivity contribution in [3.8, 4) is 11.5 Å². The lowest BCUT2D eigenvalue weighted by atomic mass is 10.2. The van der Waals surface area contributed by atoms with Gasteiger partial charge in [-0.3, -0.25) is 0 Å². The molecule has 1 aromatic rings. The third kappa shape index (κ3) is 3.89. The molecule has 0 spiro atoms. The normalized spacial score (nSPS) is 11.1. The van der Waals surface area contributed by atoms with E-state index in [1.807, 2.05) is 44.2 Å². The average molecular weight is 285 g/mol. The van der Waals surface area contributed by atoms with Gasteiger partial charge < -0.3 is 9.47 Å². The minimum absolute atomic E-state index is 0.151. The molecule has 0 aliphatic carbocycles. The molecule has 0 saturated heterocycles. The second-order valence-corrected chi connectivity index (χ2v) is 4.28. The number of methoxy groups -OCH3 is 1. The molecule has 0 fully saturated rings. The van der Waals surface area contributed by atoms with Crippen LogP contribution in [0.5, 0.6) is 11.5 Å². The van der Waals surface area contributed by atoms with Gasteiger partial charge in [-0.05, 0) is 31.5 Å². The number of allylic oxidation sites excluding steroid dienone is 1. The molecule has 0 aliphatic heterocycles. The van der Waals surface area contributed by atoms with Crippen LogP contribution >= 0.6 is 15.9 Å². The van der Waals surface area contributed by atoms with Gasteiger partial charge in [0.15, 0.2) is 11.5 Å². The Balaban J connectivity index is 2.92. The Morgan fingerprint density at radius 1 is 1.31 bits per heavy atom. The number of hydrogen-bond acceptors (Lipinski definition) is 2. The average Bonchev–Trinajstić information content (AvgIpc) is 2.27. The fourth-order valence-corrected chi connectivity index (χ4v) is 1.51. The van der Waals surface area contributed by atoms with E-state index in [2.05, 4.69) is 15.9 Å². The van der Waals surface area contributed by atoms with Gasteiger partial charge >= 0.3 is 0 Å². The molecule has 3 heteroatoms. The second kappa shape index (κ2) is 6.59. The number of hydrogen-bond donors (Lipinski definition) is 0. The van der Waals surface area contributed by atoms with Crippen LogP contribution in [0.3, 0.4) is 0 Å². The standard InChI is InChI=1S/C13H17BrO2/c1-10(2)16-12-7-6-11(5-4-8-14)9-13(12)15-3/h4-7,9-10H,8H2,1-3H3. The van der Waals surface area contributed by atoms with E-state index in [0.717, 1.165) is 22.4 Å². The molecule has 0 saturated carbocycles. The summed E-state index contributed by atoms with van der Waals surface area (Å²) in [4.78, 5) is 0. The maximum Gasteiger partial charge on any atom is 0.161 e. The lowest BCUT2D eigenvalue weighted by Crippen LogP contribution is -2.06. The van der Waals surface area contributed by atoms with E-state index in [4.69, 9.17) is 9.47 Å². The zero-order valence-corrected chi connectivity index (χ0v) is 11.5. The van der Waals surface area contributed by atoms with Crippen LogP contribution in [0.4, 0.5) is 0 Å². The fourth-order valence-electron chi connectivity index (χ4n) is 1.32. The van der Waals surface area contributed by atoms with Crippen LogP contribution in [-0.2, 0) is 0 Å². The summed E-state index contributed by atoms with van der Waals surface area (Å²) in [6.45, 7) is 4.00. The highest BCUT2D eigenvalue weighted by Crippen LogP contribution is 2.29. The zero-order valence-electron chi connectivity index (χ0n) is 9.87. The minimum Gasteiger partial charge on any atom is -0.493 e. The number of rotatable bonds is 5. The Morgan fingerprint density at radius 3 is 2.62 bits per heavy atom. The lowest BCUT2D eigenvalue weighted by Gasteiger charge is -2.13. The highest BCUT2D eigenvalue weighted by Gasteiger charge is 2.06. The number of ether oxygens (including phenoxy) is 2. The summed E-state index contributed by atoms with van der Waals surface area (Å²) in [5.74, 6) is 1.55. The summed E-state index contributed by atoms with van der Waals surface area (Å²) in [7, 11) is 1.65. The summed E-state index contributed by atoms with van der Waals surface area (Å²) in [5.41, 5.74) is 1.10. The molecule has 2 nitrogen and oxygen atoms in total. The Kier molecular flexibility index (Phi) is 5.39. The Bertz CT molecular complexity index is 359. The molecule has 1 aromatic carbocycles. The van der Waals surface area contributed by atoms with Crippen molar-refractivity contribution in [1.82, 2.24) is 0 Å². The predicted molar refractivity (Wildman–Crippen MR) is 71.6 cm³/mol. The quantitative estimate of drug-likeness (QED) is 0.764. The van der Waals surface area contributed by atoms with Crippen LogP contribution < -0.4 is 9.47 Å². The summed E-state index contributed by atoms with van der Waals surface area (Å²) < 4.78 is 10.9. The first kappa shape index (κ1) is 13.1. The first-order valence-corrected chi connectivity index (χ1v) is 6.36. The van der Waals surface area contributed by atoms with Gasteiger partial charge in [0.25, 0.3) is 0 Å². The topological polar surface area (TPSA) is 18.5 Å². The zero-order chi connectivity index (χ0) is 12.0. The van der Waals surface area contributed by atoms with Crippen molar-refractivity contribution >= 4 is 22.0 Å². The molecule has 0 aromatic heterocycles. The van der Waals surface area contributed by atoms with Crippen molar-refractivity contribution < 1.29 is 9.47 Å². The molecule has 0 aliphatic rings. The smallest absolute Gasteiger partial charge is 0.161 e. The molecule has 0 unspecified atom stereocenters. The molecule has 0 bridgehead atoms. The van der Waals surface area contributed by atoms with E-state index >= 15 is 0 Å². The molecule has 0 radical (unpaired) electrons. The second-order valence-electron chi connectivity index (χ2n) is 3.63. The van der Waals surface area contributed by atoms with Crippen LogP contribution in [0.1, 0.15) is 19.4 Å². The molecule has 0 atom stereocenters. The van der Waals surface area contributed by atoms with Gasteiger partial charge in [-0.2, -0.15) is 0 Å². The highest BCUT2D eigenvalue weighted by atomic mass is 79.9. The fraction of sp³-hybridized carbons (Fsp3) is 0.385. The van der Waals surface area contributed by atoms with E-state index in [-0.39, 0.29) is 6.10 Å². The SMILES string of the molecule is COc1cc(C=CCBr)ccc1OC(C)C. The van der Waals surface area contributed by atoms with Crippen molar-refractivity contribution in [2.24, 2.45) is 0 Å². The van der Waals surface area contributed by atoms with Gasteiger partial charge in [0, 0.05) is 5.33 Å². The van der Waals surface area contributed by atoms with E-state index in [9.17, 15) is 0 Å². The van der Waals surface area contributed by atoms with E-state index in [1.54, 1.807) is 7.11 Å². The van der Waals surface area contributed by atoms with Crippen molar-refractivity contribution in [2.45, 2.75) is 20.0 Å². The maximum absolute atomic E-state index is 5.64. The van der Waals surface area contributed by atoms with Crippen LogP contribution in [0, 0.1) is 0 Å². The van der Waals surface area contributed by atoms with Crippen LogP contribution in [0.2, 0.25) is 0 Å². The van der Waals surface area contributed by atoms with Crippen molar-refractivity contribution in [1.29, 1.82) is 0 Å². The van der Waals surface area contributed by atoms with E-state index in [0.29, 0.717) is 0 Å². The Morgan fingerprint density at radius 2 is 2.06 bits per heavy atom. The number of benzene rings is 1. The van der Waals surface area contributed by atoms with Crippen LogP contribution in [0.25, 0.3) is 6.08 Å². The van der Waals surface area contributed by atoms with Crippen LogP contribution in [-0.4, -0.2) is 18.5 Å². The van der Waals surface area contributed by atoms with Gasteiger partial charge in [-0.25, -0.2) is 0 Å². The first-order valence-electron chi connectivity index (χ1n) is 5.24. The van der Waals surface area contributed by atoms with E-state index in [1.165, 1.54) is 0 Å². The highest BCUT2D eigenvalue weighted by molar-refractivity contribution is 9.09. The largest absolute Gasteiger partial charge is 0.493 e. The Labute approximate surface area is 105 Å². The van der Waals surface area contributed by atoms with Crippen molar-refractivity contribution in [2.75, 3.05) is 12.4 Å². The third-order valence-corrected chi connectivity index (χ3v) is 2.32. The molecular weight excluding hydrogens is 268 g/mol. The van der Waals surface area contributed by atoms with Crippen molar-refractivity contribution in [3.05, 3.63) is 29.8 Å². The molecular formula is C13H17BrO2.